The van der Waals surface area contributed by atoms with Gasteiger partial charge in [0.25, 0.3) is 0 Å². The number of ether oxygens (including phenoxy) is 1. The summed E-state index contributed by atoms with van der Waals surface area (Å²) in [6.45, 7) is 7.12. The fourth-order valence-electron chi connectivity index (χ4n) is 4.59. The van der Waals surface area contributed by atoms with E-state index in [9.17, 15) is 9.59 Å². The van der Waals surface area contributed by atoms with Crippen molar-refractivity contribution in [1.29, 1.82) is 0 Å². The highest BCUT2D eigenvalue weighted by Crippen LogP contribution is 2.53. The molecule has 3 aliphatic rings. The van der Waals surface area contributed by atoms with Crippen molar-refractivity contribution in [2.24, 2.45) is 23.7 Å². The van der Waals surface area contributed by atoms with Crippen LogP contribution in [-0.4, -0.2) is 35.5 Å². The molecule has 2 bridgehead atoms. The second-order valence-corrected chi connectivity index (χ2v) is 7.43. The van der Waals surface area contributed by atoms with Gasteiger partial charge in [-0.3, -0.25) is 14.5 Å². The number of amides is 2. The van der Waals surface area contributed by atoms with Crippen LogP contribution in [0.1, 0.15) is 59.3 Å². The van der Waals surface area contributed by atoms with Gasteiger partial charge in [0.05, 0.1) is 24.0 Å². The van der Waals surface area contributed by atoms with Crippen LogP contribution in [-0.2, 0) is 14.3 Å². The SMILES string of the molecule is CCCCCCCCN1C(=O)C2C3OC(C(C)C3C)C2C1=O. The smallest absolute Gasteiger partial charge is 0.235 e. The maximum Gasteiger partial charge on any atom is 0.235 e. The molecule has 0 saturated carbocycles. The summed E-state index contributed by atoms with van der Waals surface area (Å²) in [4.78, 5) is 26.8. The standard InChI is InChI=1S/C18H29NO3/c1-4-5-6-7-8-9-10-19-17(20)13-14(18(19)21)16-12(3)11(2)15(13)22-16/h11-16H,4-10H2,1-3H3. The minimum absolute atomic E-state index is 0.0315. The number of rotatable bonds is 7. The molecule has 0 aromatic carbocycles. The quantitative estimate of drug-likeness (QED) is 0.536. The number of hydrogen-bond acceptors (Lipinski definition) is 3. The van der Waals surface area contributed by atoms with Crippen LogP contribution in [0.15, 0.2) is 0 Å². The van der Waals surface area contributed by atoms with Crippen LogP contribution in [0.25, 0.3) is 0 Å². The molecular weight excluding hydrogens is 278 g/mol. The monoisotopic (exact) mass is 307 g/mol. The third-order valence-corrected chi connectivity index (χ3v) is 6.11. The van der Waals surface area contributed by atoms with E-state index in [0.717, 1.165) is 12.8 Å². The molecule has 6 atom stereocenters. The summed E-state index contributed by atoms with van der Waals surface area (Å²) in [7, 11) is 0. The fraction of sp³-hybridized carbons (Fsp3) is 0.889. The lowest BCUT2D eigenvalue weighted by molar-refractivity contribution is -0.142. The minimum atomic E-state index is -0.191. The maximum atomic E-state index is 12.6. The number of carbonyl (C=O) groups excluding carboxylic acids is 2. The van der Waals surface area contributed by atoms with E-state index in [2.05, 4.69) is 20.8 Å². The largest absolute Gasteiger partial charge is 0.373 e. The predicted octanol–water partition coefficient (Wildman–Crippen LogP) is 3.00. The highest BCUT2D eigenvalue weighted by molar-refractivity contribution is 6.06. The van der Waals surface area contributed by atoms with E-state index in [4.69, 9.17) is 4.74 Å². The Balaban J connectivity index is 1.55. The number of nitrogens with zero attached hydrogens (tertiary/aromatic N) is 1. The molecule has 0 aromatic heterocycles. The third-order valence-electron chi connectivity index (χ3n) is 6.11. The van der Waals surface area contributed by atoms with Crippen molar-refractivity contribution in [1.82, 2.24) is 4.90 Å². The average molecular weight is 307 g/mol. The molecule has 2 amide bonds. The van der Waals surface area contributed by atoms with Crippen molar-refractivity contribution >= 4 is 11.8 Å². The lowest BCUT2D eigenvalue weighted by Gasteiger charge is -2.27. The molecular formula is C18H29NO3. The van der Waals surface area contributed by atoms with E-state index in [0.29, 0.717) is 18.4 Å². The van der Waals surface area contributed by atoms with E-state index >= 15 is 0 Å². The number of fused-ring (bicyclic) bond motifs is 5. The first-order valence-electron chi connectivity index (χ1n) is 9.08. The molecule has 0 spiro atoms. The van der Waals surface area contributed by atoms with Crippen molar-refractivity contribution in [2.75, 3.05) is 6.54 Å². The second-order valence-electron chi connectivity index (χ2n) is 7.43. The van der Waals surface area contributed by atoms with Crippen molar-refractivity contribution < 1.29 is 14.3 Å². The molecule has 0 aromatic rings. The number of hydrogen-bond donors (Lipinski definition) is 0. The normalized spacial score (nSPS) is 39.9. The highest BCUT2D eigenvalue weighted by Gasteiger charge is 2.66. The molecule has 22 heavy (non-hydrogen) atoms. The number of unbranched alkanes of at least 4 members (excludes halogenated alkanes) is 5. The maximum absolute atomic E-state index is 12.6. The molecule has 4 nitrogen and oxygen atoms in total. The van der Waals surface area contributed by atoms with Gasteiger partial charge in [-0.05, 0) is 18.3 Å². The highest BCUT2D eigenvalue weighted by atomic mass is 16.5. The first-order valence-corrected chi connectivity index (χ1v) is 9.08. The summed E-state index contributed by atoms with van der Waals surface area (Å²) < 4.78 is 5.95. The average Bonchev–Trinajstić information content (AvgIpc) is 3.10. The number of imide groups is 1. The molecule has 4 heteroatoms. The van der Waals surface area contributed by atoms with Crippen LogP contribution < -0.4 is 0 Å². The Bertz CT molecular complexity index is 418. The Morgan fingerprint density at radius 3 is 1.91 bits per heavy atom. The molecule has 0 aliphatic carbocycles. The van der Waals surface area contributed by atoms with Gasteiger partial charge in [0.2, 0.25) is 11.8 Å². The van der Waals surface area contributed by atoms with E-state index in [1.54, 1.807) is 4.90 Å². The summed E-state index contributed by atoms with van der Waals surface area (Å²) in [5, 5.41) is 0. The van der Waals surface area contributed by atoms with E-state index < -0.39 is 0 Å². The van der Waals surface area contributed by atoms with Gasteiger partial charge in [0, 0.05) is 6.54 Å². The van der Waals surface area contributed by atoms with Gasteiger partial charge in [-0.15, -0.1) is 0 Å². The van der Waals surface area contributed by atoms with Crippen molar-refractivity contribution in [3.8, 4) is 0 Å². The van der Waals surface area contributed by atoms with Crippen LogP contribution in [0.2, 0.25) is 0 Å². The topological polar surface area (TPSA) is 46.6 Å². The zero-order valence-corrected chi connectivity index (χ0v) is 14.1. The molecule has 3 aliphatic heterocycles. The van der Waals surface area contributed by atoms with Gasteiger partial charge in [0.1, 0.15) is 0 Å². The molecule has 3 rings (SSSR count). The lowest BCUT2D eigenvalue weighted by Crippen LogP contribution is -2.38. The third kappa shape index (κ3) is 2.40. The van der Waals surface area contributed by atoms with E-state index in [1.807, 2.05) is 0 Å². The first kappa shape index (κ1) is 16.0. The summed E-state index contributed by atoms with van der Waals surface area (Å²) in [6.07, 6.45) is 6.99. The molecule has 0 radical (unpaired) electrons. The van der Waals surface area contributed by atoms with Crippen LogP contribution >= 0.6 is 0 Å². The lowest BCUT2D eigenvalue weighted by atomic mass is 9.70. The van der Waals surface area contributed by atoms with Gasteiger partial charge in [-0.25, -0.2) is 0 Å². The van der Waals surface area contributed by atoms with Crippen LogP contribution in [0.5, 0.6) is 0 Å². The summed E-state index contributed by atoms with van der Waals surface area (Å²) >= 11 is 0. The molecule has 3 heterocycles. The van der Waals surface area contributed by atoms with Crippen LogP contribution in [0.4, 0.5) is 0 Å². The molecule has 124 valence electrons. The van der Waals surface area contributed by atoms with Gasteiger partial charge in [0.15, 0.2) is 0 Å². The molecule has 3 fully saturated rings. The first-order chi connectivity index (χ1) is 10.6. The Labute approximate surface area is 133 Å². The molecule has 3 saturated heterocycles. The Morgan fingerprint density at radius 1 is 0.864 bits per heavy atom. The Hall–Kier alpha value is -0.900. The minimum Gasteiger partial charge on any atom is -0.373 e. The molecule has 6 unspecified atom stereocenters. The van der Waals surface area contributed by atoms with Gasteiger partial charge < -0.3 is 4.74 Å². The summed E-state index contributed by atoms with van der Waals surface area (Å²) in [6, 6.07) is 0. The summed E-state index contributed by atoms with van der Waals surface area (Å²) in [5.41, 5.74) is 0. The van der Waals surface area contributed by atoms with Crippen molar-refractivity contribution in [2.45, 2.75) is 71.5 Å². The van der Waals surface area contributed by atoms with Crippen LogP contribution in [0.3, 0.4) is 0 Å². The van der Waals surface area contributed by atoms with Crippen molar-refractivity contribution in [3.63, 3.8) is 0 Å². The van der Waals surface area contributed by atoms with Gasteiger partial charge in [-0.2, -0.15) is 0 Å². The van der Waals surface area contributed by atoms with Gasteiger partial charge in [-0.1, -0.05) is 52.9 Å². The van der Waals surface area contributed by atoms with Crippen molar-refractivity contribution in [3.05, 3.63) is 0 Å². The zero-order valence-electron chi connectivity index (χ0n) is 14.1. The van der Waals surface area contributed by atoms with E-state index in [1.165, 1.54) is 25.7 Å². The van der Waals surface area contributed by atoms with E-state index in [-0.39, 0.29) is 35.9 Å². The number of likely N-dealkylation sites (tertiary alicyclic amines) is 1. The Morgan fingerprint density at radius 2 is 1.36 bits per heavy atom. The second kappa shape index (κ2) is 6.31. The van der Waals surface area contributed by atoms with Crippen LogP contribution in [0, 0.1) is 23.7 Å². The van der Waals surface area contributed by atoms with Gasteiger partial charge >= 0.3 is 0 Å². The predicted molar refractivity (Wildman–Crippen MR) is 84.1 cm³/mol. The molecule has 0 N–H and O–H groups in total. The number of carbonyl (C=O) groups is 2. The summed E-state index contributed by atoms with van der Waals surface area (Å²) in [5.74, 6) is 0.464. The fourth-order valence-corrected chi connectivity index (χ4v) is 4.59. The zero-order chi connectivity index (χ0) is 15.9. The Kier molecular flexibility index (Phi) is 4.58.